The number of nitrogens with zero attached hydrogens (tertiary/aromatic N) is 3. The fourth-order valence-corrected chi connectivity index (χ4v) is 5.31. The van der Waals surface area contributed by atoms with Crippen LogP contribution in [-0.4, -0.2) is 51.1 Å². The zero-order valence-electron chi connectivity index (χ0n) is 22.6. The molecule has 2 heterocycles. The minimum Gasteiger partial charge on any atom is -0.491 e. The second kappa shape index (κ2) is 11.8. The Hall–Kier alpha value is -3.69. The number of rotatable bonds is 9. The lowest BCUT2D eigenvalue weighted by Crippen LogP contribution is -2.40. The molecule has 200 valence electrons. The van der Waals surface area contributed by atoms with E-state index in [0.29, 0.717) is 31.9 Å². The number of thiazole rings is 1. The summed E-state index contributed by atoms with van der Waals surface area (Å²) in [5, 5.41) is 0. The number of allylic oxidation sites excluding steroid dienone is 1. The summed E-state index contributed by atoms with van der Waals surface area (Å²) in [6, 6.07) is 14.7. The summed E-state index contributed by atoms with van der Waals surface area (Å²) in [5.41, 5.74) is 3.23. The van der Waals surface area contributed by atoms with Crippen LogP contribution in [0.3, 0.4) is 0 Å². The van der Waals surface area contributed by atoms with Gasteiger partial charge in [-0.2, -0.15) is 0 Å². The molecule has 0 bridgehead atoms. The number of methoxy groups -OCH3 is 1. The Morgan fingerprint density at radius 1 is 1.13 bits per heavy atom. The van der Waals surface area contributed by atoms with Crippen molar-refractivity contribution in [2.24, 2.45) is 4.99 Å². The molecule has 9 heteroatoms. The molecule has 1 aliphatic rings. The van der Waals surface area contributed by atoms with Gasteiger partial charge in [-0.3, -0.25) is 9.36 Å². The highest BCUT2D eigenvalue weighted by molar-refractivity contribution is 7.07. The molecule has 1 atom stereocenters. The summed E-state index contributed by atoms with van der Waals surface area (Å²) in [6.45, 7) is 6.00. The van der Waals surface area contributed by atoms with Crippen molar-refractivity contribution in [3.05, 3.63) is 90.6 Å². The van der Waals surface area contributed by atoms with E-state index in [-0.39, 0.29) is 24.9 Å². The molecule has 0 N–H and O–H groups in total. The number of hydrogen-bond acceptors (Lipinski definition) is 8. The minimum atomic E-state index is -0.755. The van der Waals surface area contributed by atoms with Crippen LogP contribution in [0.4, 0.5) is 5.69 Å². The van der Waals surface area contributed by atoms with Crippen molar-refractivity contribution in [1.29, 1.82) is 0 Å². The van der Waals surface area contributed by atoms with E-state index in [1.165, 1.54) is 11.3 Å². The lowest BCUT2D eigenvalue weighted by Gasteiger charge is -2.27. The predicted octanol–water partition coefficient (Wildman–Crippen LogP) is 3.28. The van der Waals surface area contributed by atoms with Crippen LogP contribution in [0, 0.1) is 0 Å². The zero-order chi connectivity index (χ0) is 27.4. The van der Waals surface area contributed by atoms with Crippen molar-refractivity contribution in [3.63, 3.8) is 0 Å². The van der Waals surface area contributed by atoms with Crippen molar-refractivity contribution < 1.29 is 19.0 Å². The van der Waals surface area contributed by atoms with Crippen LogP contribution >= 0.6 is 11.3 Å². The van der Waals surface area contributed by atoms with Gasteiger partial charge in [0.25, 0.3) is 5.56 Å². The molecule has 0 unspecified atom stereocenters. The maximum absolute atomic E-state index is 13.9. The van der Waals surface area contributed by atoms with Gasteiger partial charge in [-0.25, -0.2) is 9.79 Å². The van der Waals surface area contributed by atoms with Crippen molar-refractivity contribution >= 4 is 29.1 Å². The van der Waals surface area contributed by atoms with Crippen LogP contribution in [0.15, 0.2) is 69.6 Å². The van der Waals surface area contributed by atoms with E-state index in [2.05, 4.69) is 4.99 Å². The third-order valence-electron chi connectivity index (χ3n) is 6.05. The second-order valence-corrected chi connectivity index (χ2v) is 10.4. The second-order valence-electron chi connectivity index (χ2n) is 9.40. The Morgan fingerprint density at radius 3 is 2.50 bits per heavy atom. The fraction of sp³-hybridized carbons (Fsp3) is 0.345. The molecule has 0 saturated carbocycles. The highest BCUT2D eigenvalue weighted by atomic mass is 32.1. The van der Waals surface area contributed by atoms with Gasteiger partial charge in [0.1, 0.15) is 18.4 Å². The van der Waals surface area contributed by atoms with E-state index >= 15 is 0 Å². The van der Waals surface area contributed by atoms with Crippen LogP contribution in [0.25, 0.3) is 6.08 Å². The van der Waals surface area contributed by atoms with E-state index < -0.39 is 12.0 Å². The van der Waals surface area contributed by atoms with Crippen LogP contribution in [0.1, 0.15) is 37.9 Å². The maximum Gasteiger partial charge on any atom is 0.338 e. The van der Waals surface area contributed by atoms with E-state index in [4.69, 9.17) is 14.2 Å². The molecule has 1 aliphatic heterocycles. The van der Waals surface area contributed by atoms with Crippen molar-refractivity contribution in [2.45, 2.75) is 32.9 Å². The summed E-state index contributed by atoms with van der Waals surface area (Å²) in [4.78, 5) is 34.4. The number of carbonyl (C=O) groups excluding carboxylic acids is 1. The number of benzene rings is 2. The Morgan fingerprint density at radius 2 is 1.84 bits per heavy atom. The molecule has 38 heavy (non-hydrogen) atoms. The number of para-hydroxylation sites is 1. The van der Waals surface area contributed by atoms with Crippen molar-refractivity contribution in [1.82, 2.24) is 4.57 Å². The van der Waals surface area contributed by atoms with Crippen LogP contribution in [-0.2, 0) is 14.3 Å². The zero-order valence-corrected chi connectivity index (χ0v) is 23.4. The third-order valence-corrected chi connectivity index (χ3v) is 7.03. The molecule has 0 amide bonds. The molecule has 0 fully saturated rings. The monoisotopic (exact) mass is 535 g/mol. The topological polar surface area (TPSA) is 82.4 Å². The lowest BCUT2D eigenvalue weighted by molar-refractivity contribution is -0.140. The number of fused-ring (bicyclic) bond motifs is 1. The molecule has 4 rings (SSSR count). The van der Waals surface area contributed by atoms with Gasteiger partial charge >= 0.3 is 5.97 Å². The van der Waals surface area contributed by atoms with E-state index in [9.17, 15) is 9.59 Å². The molecular formula is C29H33N3O5S. The molecular weight excluding hydrogens is 502 g/mol. The van der Waals surface area contributed by atoms with Gasteiger partial charge < -0.3 is 19.1 Å². The number of ether oxygens (including phenoxy) is 3. The molecule has 0 radical (unpaired) electrons. The first kappa shape index (κ1) is 27.3. The van der Waals surface area contributed by atoms with Gasteiger partial charge in [-0.05, 0) is 50.6 Å². The normalized spacial score (nSPS) is 15.3. The first-order valence-electron chi connectivity index (χ1n) is 12.4. The van der Waals surface area contributed by atoms with Gasteiger partial charge in [0.15, 0.2) is 4.80 Å². The van der Waals surface area contributed by atoms with Crippen LogP contribution in [0.5, 0.6) is 5.75 Å². The van der Waals surface area contributed by atoms with Crippen LogP contribution < -0.4 is 24.5 Å². The third kappa shape index (κ3) is 5.74. The SMILES string of the molecule is COCCOC(=O)C1=C(C)N=c2s/c(=C/c3ccc(N(C)C)cc3)c(=O)n2[C@@H]1c1ccccc1OC(C)C. The van der Waals surface area contributed by atoms with Gasteiger partial charge in [0.05, 0.1) is 28.5 Å². The Balaban J connectivity index is 1.89. The summed E-state index contributed by atoms with van der Waals surface area (Å²) in [6.07, 6.45) is 1.76. The lowest BCUT2D eigenvalue weighted by atomic mass is 9.95. The highest BCUT2D eigenvalue weighted by Gasteiger charge is 2.35. The maximum atomic E-state index is 13.9. The first-order chi connectivity index (χ1) is 18.2. The molecule has 1 aromatic heterocycles. The number of carbonyl (C=O) groups is 1. The van der Waals surface area contributed by atoms with E-state index in [1.807, 2.05) is 87.4 Å². The average molecular weight is 536 g/mol. The Labute approximate surface area is 226 Å². The van der Waals surface area contributed by atoms with Gasteiger partial charge in [-0.1, -0.05) is 41.7 Å². The Bertz CT molecular complexity index is 1520. The molecule has 0 aliphatic carbocycles. The van der Waals surface area contributed by atoms with Gasteiger partial charge in [0.2, 0.25) is 0 Å². The van der Waals surface area contributed by atoms with Crippen LogP contribution in [0.2, 0.25) is 0 Å². The number of esters is 1. The fourth-order valence-electron chi connectivity index (χ4n) is 4.26. The summed E-state index contributed by atoms with van der Waals surface area (Å²) >= 11 is 1.30. The quantitative estimate of drug-likeness (QED) is 0.309. The Kier molecular flexibility index (Phi) is 8.48. The largest absolute Gasteiger partial charge is 0.491 e. The number of aromatic nitrogens is 1. The van der Waals surface area contributed by atoms with Crippen molar-refractivity contribution in [3.8, 4) is 5.75 Å². The molecule has 0 saturated heterocycles. The van der Waals surface area contributed by atoms with Crippen molar-refractivity contribution in [2.75, 3.05) is 39.3 Å². The molecule has 0 spiro atoms. The standard InChI is InChI=1S/C29H33N3O5S/c1-18(2)37-23-10-8-7-9-22(23)26-25(28(34)36-16-15-35-6)19(3)30-29-32(26)27(33)24(38-29)17-20-11-13-21(14-12-20)31(4)5/h7-14,17-18,26H,15-16H2,1-6H3/b24-17+/t26-/m1/s1. The molecule has 3 aromatic rings. The van der Waals surface area contributed by atoms with E-state index in [0.717, 1.165) is 11.3 Å². The molecule has 8 nitrogen and oxygen atoms in total. The summed E-state index contributed by atoms with van der Waals surface area (Å²) in [7, 11) is 5.50. The first-order valence-corrected chi connectivity index (χ1v) is 13.2. The average Bonchev–Trinajstić information content (AvgIpc) is 3.18. The molecule has 2 aromatic carbocycles. The number of hydrogen-bond donors (Lipinski definition) is 0. The highest BCUT2D eigenvalue weighted by Crippen LogP contribution is 2.36. The summed E-state index contributed by atoms with van der Waals surface area (Å²) in [5.74, 6) is 0.0550. The predicted molar refractivity (Wildman–Crippen MR) is 150 cm³/mol. The summed E-state index contributed by atoms with van der Waals surface area (Å²) < 4.78 is 18.7. The van der Waals surface area contributed by atoms with E-state index in [1.54, 1.807) is 18.6 Å². The minimum absolute atomic E-state index is 0.0936. The van der Waals surface area contributed by atoms with Gasteiger partial charge in [-0.15, -0.1) is 0 Å². The van der Waals surface area contributed by atoms with Gasteiger partial charge in [0, 0.05) is 32.5 Å². The smallest absolute Gasteiger partial charge is 0.338 e. The number of anilines is 1.